The highest BCUT2D eigenvalue weighted by molar-refractivity contribution is 7.92. The molecule has 4 heterocycles. The lowest BCUT2D eigenvalue weighted by atomic mass is 9.87. The summed E-state index contributed by atoms with van der Waals surface area (Å²) in [7, 11) is -7.07. The van der Waals surface area contributed by atoms with E-state index in [1.54, 1.807) is 104 Å². The van der Waals surface area contributed by atoms with Gasteiger partial charge >= 0.3 is 0 Å². The molecule has 2 saturated heterocycles. The van der Waals surface area contributed by atoms with Gasteiger partial charge in [-0.15, -0.1) is 0 Å². The average molecular weight is 1160 g/mol. The van der Waals surface area contributed by atoms with Gasteiger partial charge in [-0.05, 0) is 215 Å². The number of nitrogen functional groups attached to an aromatic ring is 1. The number of nitrogens with one attached hydrogen (secondary N) is 5. The monoisotopic (exact) mass is 1160 g/mol. The highest BCUT2D eigenvalue weighted by atomic mass is 35.5. The van der Waals surface area contributed by atoms with Crippen molar-refractivity contribution in [3.8, 4) is 11.5 Å². The molecule has 416 valence electrons. The van der Waals surface area contributed by atoms with E-state index in [4.69, 9.17) is 66.5 Å². The van der Waals surface area contributed by atoms with Crippen LogP contribution in [0.2, 0.25) is 15.3 Å². The van der Waals surface area contributed by atoms with Crippen molar-refractivity contribution in [1.29, 1.82) is 0 Å². The van der Waals surface area contributed by atoms with Crippen LogP contribution in [0.25, 0.3) is 0 Å². The van der Waals surface area contributed by atoms with Gasteiger partial charge in [0, 0.05) is 11.0 Å². The van der Waals surface area contributed by atoms with Gasteiger partial charge in [0.05, 0.1) is 73.1 Å². The maximum Gasteiger partial charge on any atom is 0.229 e. The molecule has 0 atom stereocenters. The quantitative estimate of drug-likeness (QED) is 0.0391. The van der Waals surface area contributed by atoms with Crippen LogP contribution in [0.15, 0.2) is 94.9 Å². The van der Waals surface area contributed by atoms with Crippen molar-refractivity contribution in [3.63, 3.8) is 0 Å². The molecule has 0 bridgehead atoms. The van der Waals surface area contributed by atoms with E-state index in [-0.39, 0.29) is 109 Å². The first-order valence-electron chi connectivity index (χ1n) is 30.4. The zero-order valence-corrected chi connectivity index (χ0v) is 48.2. The lowest BCUT2D eigenvalue weighted by molar-refractivity contribution is 0.243. The third-order valence-electron chi connectivity index (χ3n) is 11.7. The predicted molar refractivity (Wildman–Crippen MR) is 314 cm³/mol. The Morgan fingerprint density at radius 2 is 1.06 bits per heavy atom. The Balaban J connectivity index is 0.000000235. The van der Waals surface area contributed by atoms with Crippen LogP contribution in [0.5, 0.6) is 11.5 Å². The first-order chi connectivity index (χ1) is 40.7. The highest BCUT2D eigenvalue weighted by Crippen LogP contribution is 2.39. The van der Waals surface area contributed by atoms with Gasteiger partial charge in [0.2, 0.25) is 11.2 Å². The lowest BCUT2D eigenvalue weighted by Crippen LogP contribution is -2.27. The summed E-state index contributed by atoms with van der Waals surface area (Å²) in [5, 5.41) is 12.8. The Labute approximate surface area is 487 Å². The van der Waals surface area contributed by atoms with Gasteiger partial charge in [-0.1, -0.05) is 47.5 Å². The van der Waals surface area contributed by atoms with Gasteiger partial charge in [-0.3, -0.25) is 0 Å². The van der Waals surface area contributed by atoms with Gasteiger partial charge < -0.3 is 41.8 Å². The number of hydrogen-bond acceptors (Lipinski definition) is 16. The van der Waals surface area contributed by atoms with Crippen molar-refractivity contribution >= 4 is 94.8 Å². The molecule has 7 N–H and O–H groups in total. The van der Waals surface area contributed by atoms with Gasteiger partial charge in [-0.2, -0.15) is 9.97 Å². The molecule has 21 heteroatoms. The van der Waals surface area contributed by atoms with Crippen LogP contribution in [0, 0.1) is 13.8 Å². The van der Waals surface area contributed by atoms with Crippen molar-refractivity contribution in [2.75, 3.05) is 47.7 Å². The molecule has 0 unspecified atom stereocenters. The Bertz CT molecular complexity index is 3780. The Hall–Kier alpha value is -5.47. The van der Waals surface area contributed by atoms with Gasteiger partial charge in [-0.25, -0.2) is 26.8 Å². The van der Waals surface area contributed by atoms with Crippen molar-refractivity contribution < 1.29 is 42.8 Å². The molecule has 2 aromatic heterocycles. The van der Waals surface area contributed by atoms with Crippen LogP contribution in [0.3, 0.4) is 0 Å². The molecule has 6 aromatic rings. The second-order valence-electron chi connectivity index (χ2n) is 18.7. The molecule has 8 rings (SSSR count). The van der Waals surface area contributed by atoms with Crippen molar-refractivity contribution in [2.24, 2.45) is 0 Å². The number of aromatic nitrogens is 4. The molecule has 0 radical (unpaired) electrons. The number of hydrogen-bond donors (Lipinski definition) is 6. The smallest absolute Gasteiger partial charge is 0.229 e. The summed E-state index contributed by atoms with van der Waals surface area (Å²) in [6, 6.07) is 16.2. The summed E-state index contributed by atoms with van der Waals surface area (Å²) in [4.78, 5) is 16.6. The highest BCUT2D eigenvalue weighted by Gasteiger charge is 2.26. The summed E-state index contributed by atoms with van der Waals surface area (Å²) in [5.41, 5.74) is 9.12. The molecular formula is C56H73Cl3N10O6S2. The number of anilines is 7. The minimum absolute atomic E-state index is 0.00363. The number of nitrogens with zero attached hydrogens (tertiary/aromatic N) is 4. The molecule has 16 nitrogen and oxygen atoms in total. The Morgan fingerprint density at radius 3 is 1.55 bits per heavy atom. The fourth-order valence-electron chi connectivity index (χ4n) is 7.72. The van der Waals surface area contributed by atoms with E-state index in [1.165, 1.54) is 38.4 Å². The van der Waals surface area contributed by atoms with Gasteiger partial charge in [0.1, 0.15) is 21.5 Å². The third kappa shape index (κ3) is 16.3. The second kappa shape index (κ2) is 27.4. The Morgan fingerprint density at radius 1 is 0.636 bits per heavy atom. The van der Waals surface area contributed by atoms with Crippen molar-refractivity contribution in [1.82, 2.24) is 30.6 Å². The standard InChI is InChI=1S/C28H36ClN5O3S.C15H24N2O.C13H13Cl2N3O2S/c1-17(2)37-25-15-21(20-10-12-30-13-11-20)19(5)14-24(25)33-28-31-16-22(29)27(34-28)32-23-8-6-7-9-26(23)38(35,36)18(3)4;1-10(2)18-15-9-13(11(3)8-14(15)16)12-4-6-17-7-5-12;1-8(2)21(19,20)11-6-4-3-5-10(11)17-12-9(14)7-16-13(15)18-12/h6-9,14-18,20,30H,10-13H2,1-5H3,(H2,31,32,33,34);8-10,12,17H,4-7,16H2,1-3H3;3-8H,1-2H3,(H,16,17,18)/i12D2,13D2,14D,17D;6D2,7D2,8D,10D;. The number of nitrogens with two attached hydrogens (primary N) is 1. The van der Waals surface area contributed by atoms with Crippen LogP contribution < -0.4 is 41.8 Å². The topological polar surface area (TPSA) is 224 Å². The molecule has 4 aromatic carbocycles. The molecule has 77 heavy (non-hydrogen) atoms. The molecular weight excluding hydrogens is 1080 g/mol. The number of piperidine rings is 2. The van der Waals surface area contributed by atoms with Crippen LogP contribution >= 0.6 is 34.8 Å². The van der Waals surface area contributed by atoms with E-state index >= 15 is 0 Å². The zero-order chi connectivity index (χ0) is 66.9. The van der Waals surface area contributed by atoms with Crippen molar-refractivity contribution in [3.05, 3.63) is 123 Å². The molecule has 2 aliphatic heterocycles. The summed E-state index contributed by atoms with van der Waals surface area (Å²) < 4.78 is 160. The molecule has 2 aliphatic rings. The summed E-state index contributed by atoms with van der Waals surface area (Å²) >= 11 is 18.1. The summed E-state index contributed by atoms with van der Waals surface area (Å²) in [6.07, 6.45) is 0.132. The van der Waals surface area contributed by atoms with E-state index in [2.05, 4.69) is 46.5 Å². The summed E-state index contributed by atoms with van der Waals surface area (Å²) in [6.45, 7) is 8.34. The molecule has 2 fully saturated rings. The van der Waals surface area contributed by atoms with Crippen molar-refractivity contribution in [2.45, 2.75) is 139 Å². The molecule has 0 amide bonds. The van der Waals surface area contributed by atoms with E-state index < -0.39 is 80.2 Å². The Kier molecular flexibility index (Phi) is 16.2. The van der Waals surface area contributed by atoms with Crippen LogP contribution in [-0.2, 0) is 19.7 Å². The third-order valence-corrected chi connectivity index (χ3v) is 16.8. The van der Waals surface area contributed by atoms with Crippen LogP contribution in [0.1, 0.15) is 132 Å². The SMILES string of the molecule is CC(C)S(=O)(=O)c1ccccc1Nc1nc(Cl)ncc1Cl.[2H]c1c(C)c(C2CC([2H])([2H])NC([2H])([2H])C2)cc(OC([2H])(C)C)c1N.[2H]c1c(C)c(C2CC([2H])([2H])NC([2H])([2H])C2)cc(OC([2H])(C)C)c1Nc1ncc(Cl)c(Nc2ccccc2S(=O)(=O)C(C)C)n1. The minimum atomic E-state index is -3.64. The van der Waals surface area contributed by atoms with Crippen LogP contribution in [-0.4, -0.2) is 85.4 Å². The second-order valence-corrected chi connectivity index (χ2v) is 24.8. The average Bonchev–Trinajstić information content (AvgIpc) is 0.839. The van der Waals surface area contributed by atoms with Gasteiger partial charge in [0.15, 0.2) is 31.3 Å². The minimum Gasteiger partial charge on any atom is -0.489 e. The van der Waals surface area contributed by atoms with Gasteiger partial charge in [0.25, 0.3) is 0 Å². The fourth-order valence-corrected chi connectivity index (χ4v) is 10.5. The van der Waals surface area contributed by atoms with E-state index in [1.807, 2.05) is 0 Å². The largest absolute Gasteiger partial charge is 0.489 e. The fraction of sp³-hybridized carbons (Fsp3) is 0.429. The number of sulfone groups is 2. The molecule has 0 spiro atoms. The first kappa shape index (κ1) is 45.4. The maximum absolute atomic E-state index is 13.0. The van der Waals surface area contributed by atoms with E-state index in [0.29, 0.717) is 27.9 Å². The number of benzene rings is 4. The zero-order valence-electron chi connectivity index (χ0n) is 56.3. The van der Waals surface area contributed by atoms with E-state index in [9.17, 15) is 16.8 Å². The lowest BCUT2D eigenvalue weighted by Gasteiger charge is -2.26. The number of halogens is 3. The van der Waals surface area contributed by atoms with E-state index in [0.717, 1.165) is 0 Å². The van der Waals surface area contributed by atoms with Crippen LogP contribution in [0.4, 0.5) is 40.3 Å². The summed E-state index contributed by atoms with van der Waals surface area (Å²) in [5.74, 6) is -0.306. The normalized spacial score (nSPS) is 19.6. The number of para-hydroxylation sites is 2. The molecule has 0 saturated carbocycles. The predicted octanol–water partition coefficient (Wildman–Crippen LogP) is 12.9. The first-order valence-corrected chi connectivity index (χ1v) is 28.6. The maximum atomic E-state index is 13.0. The number of rotatable bonds is 16. The molecule has 0 aliphatic carbocycles. The number of ether oxygens (including phenoxy) is 2.